The molecule has 3 rings (SSSR count). The molecule has 0 aromatic heterocycles. The number of hydrogen-bond acceptors (Lipinski definition) is 5. The fourth-order valence-electron chi connectivity index (χ4n) is 3.20. The Morgan fingerprint density at radius 1 is 1.00 bits per heavy atom. The second-order valence-corrected chi connectivity index (χ2v) is 9.13. The number of amides is 1. The molecule has 0 spiro atoms. The van der Waals surface area contributed by atoms with Gasteiger partial charge in [0.05, 0.1) is 16.0 Å². The van der Waals surface area contributed by atoms with Crippen molar-refractivity contribution < 1.29 is 35.9 Å². The number of rotatable bonds is 6. The molecule has 11 heteroatoms. The average Bonchev–Trinajstić information content (AvgIpc) is 2.78. The van der Waals surface area contributed by atoms with E-state index < -0.39 is 40.2 Å². The number of anilines is 1. The van der Waals surface area contributed by atoms with Gasteiger partial charge in [0.15, 0.2) is 6.61 Å². The van der Waals surface area contributed by atoms with Gasteiger partial charge in [-0.05, 0) is 55.3 Å². The van der Waals surface area contributed by atoms with E-state index in [-0.39, 0.29) is 16.1 Å². The van der Waals surface area contributed by atoms with Gasteiger partial charge >= 0.3 is 12.1 Å². The lowest BCUT2D eigenvalue weighted by Crippen LogP contribution is -2.35. The van der Waals surface area contributed by atoms with E-state index in [1.54, 1.807) is 0 Å². The van der Waals surface area contributed by atoms with Crippen molar-refractivity contribution in [1.82, 2.24) is 4.31 Å². The Labute approximate surface area is 183 Å². The maximum atomic E-state index is 12.7. The Morgan fingerprint density at radius 3 is 2.28 bits per heavy atom. The van der Waals surface area contributed by atoms with Crippen LogP contribution in [-0.4, -0.2) is 44.3 Å². The van der Waals surface area contributed by atoms with Gasteiger partial charge < -0.3 is 10.1 Å². The third kappa shape index (κ3) is 5.86. The number of hydrogen-bond donors (Lipinski definition) is 1. The van der Waals surface area contributed by atoms with E-state index in [9.17, 15) is 31.2 Å². The van der Waals surface area contributed by atoms with Crippen LogP contribution >= 0.6 is 0 Å². The maximum Gasteiger partial charge on any atom is 0.416 e. The van der Waals surface area contributed by atoms with E-state index in [4.69, 9.17) is 4.74 Å². The van der Waals surface area contributed by atoms with E-state index in [0.717, 1.165) is 37.5 Å². The first kappa shape index (κ1) is 23.7. The van der Waals surface area contributed by atoms with Crippen molar-refractivity contribution in [2.24, 2.45) is 0 Å². The van der Waals surface area contributed by atoms with E-state index in [2.05, 4.69) is 5.32 Å². The normalized spacial score (nSPS) is 15.2. The van der Waals surface area contributed by atoms with Crippen LogP contribution < -0.4 is 5.32 Å². The predicted octanol–water partition coefficient (Wildman–Crippen LogP) is 3.68. The van der Waals surface area contributed by atoms with Crippen molar-refractivity contribution in [3.05, 3.63) is 59.7 Å². The van der Waals surface area contributed by atoms with Crippen LogP contribution in [0.5, 0.6) is 0 Å². The summed E-state index contributed by atoms with van der Waals surface area (Å²) in [4.78, 5) is 24.1. The molecule has 7 nitrogen and oxygen atoms in total. The number of nitrogens with zero attached hydrogens (tertiary/aromatic N) is 1. The Balaban J connectivity index is 1.56. The first-order chi connectivity index (χ1) is 15.1. The standard InChI is InChI=1S/C21H21F3N2O5S/c22-21(23,24)16-5-4-6-17(13-16)25-19(27)14-31-20(28)15-7-9-18(10-8-15)32(29,30)26-11-2-1-3-12-26/h4-10,13H,1-3,11-12,14H2,(H,25,27). The zero-order valence-corrected chi connectivity index (χ0v) is 17.7. The van der Waals surface area contributed by atoms with Crippen molar-refractivity contribution in [1.29, 1.82) is 0 Å². The summed E-state index contributed by atoms with van der Waals surface area (Å²) in [6.07, 6.45) is -1.97. The molecule has 0 saturated carbocycles. The first-order valence-electron chi connectivity index (χ1n) is 9.82. The van der Waals surface area contributed by atoms with Gasteiger partial charge in [-0.2, -0.15) is 17.5 Å². The minimum Gasteiger partial charge on any atom is -0.452 e. The minimum atomic E-state index is -4.55. The number of ether oxygens (including phenoxy) is 1. The maximum absolute atomic E-state index is 12.7. The molecule has 32 heavy (non-hydrogen) atoms. The van der Waals surface area contributed by atoms with Crippen LogP contribution in [0.3, 0.4) is 0 Å². The molecule has 2 aromatic rings. The molecule has 0 atom stereocenters. The van der Waals surface area contributed by atoms with Gasteiger partial charge in [-0.1, -0.05) is 12.5 Å². The van der Waals surface area contributed by atoms with Crippen molar-refractivity contribution in [2.75, 3.05) is 25.0 Å². The molecule has 0 unspecified atom stereocenters. The number of halogens is 3. The van der Waals surface area contributed by atoms with Crippen molar-refractivity contribution in [2.45, 2.75) is 30.3 Å². The highest BCUT2D eigenvalue weighted by Gasteiger charge is 2.30. The number of carbonyl (C=O) groups excluding carboxylic acids is 2. The number of benzene rings is 2. The predicted molar refractivity (Wildman–Crippen MR) is 109 cm³/mol. The van der Waals surface area contributed by atoms with Crippen LogP contribution in [0.25, 0.3) is 0 Å². The fourth-order valence-corrected chi connectivity index (χ4v) is 4.72. The second-order valence-electron chi connectivity index (χ2n) is 7.19. The molecular formula is C21H21F3N2O5S. The summed E-state index contributed by atoms with van der Waals surface area (Å²) in [7, 11) is -3.64. The number of piperidine rings is 1. The molecule has 0 aliphatic carbocycles. The Bertz CT molecular complexity index is 1080. The lowest BCUT2D eigenvalue weighted by Gasteiger charge is -2.25. The molecule has 1 aliphatic heterocycles. The number of sulfonamides is 1. The summed E-state index contributed by atoms with van der Waals surface area (Å²) < 4.78 is 69.7. The van der Waals surface area contributed by atoms with E-state index in [1.807, 2.05) is 0 Å². The summed E-state index contributed by atoms with van der Waals surface area (Å²) in [6, 6.07) is 9.20. The number of esters is 1. The van der Waals surface area contributed by atoms with Crippen LogP contribution in [-0.2, 0) is 25.7 Å². The Kier molecular flexibility index (Phi) is 7.19. The van der Waals surface area contributed by atoms with Crippen LogP contribution in [0.15, 0.2) is 53.4 Å². The lowest BCUT2D eigenvalue weighted by molar-refractivity contribution is -0.137. The highest BCUT2D eigenvalue weighted by atomic mass is 32.2. The summed E-state index contributed by atoms with van der Waals surface area (Å²) in [5, 5.41) is 2.23. The van der Waals surface area contributed by atoms with Crippen LogP contribution in [0.1, 0.15) is 35.2 Å². The Hall–Kier alpha value is -2.92. The number of alkyl halides is 3. The van der Waals surface area contributed by atoms with Crippen LogP contribution in [0.4, 0.5) is 18.9 Å². The zero-order valence-electron chi connectivity index (χ0n) is 16.9. The monoisotopic (exact) mass is 470 g/mol. The van der Waals surface area contributed by atoms with Crippen molar-refractivity contribution in [3.8, 4) is 0 Å². The van der Waals surface area contributed by atoms with Gasteiger partial charge in [0.2, 0.25) is 10.0 Å². The zero-order chi connectivity index (χ0) is 23.4. The van der Waals surface area contributed by atoms with Gasteiger partial charge in [0.1, 0.15) is 0 Å². The highest BCUT2D eigenvalue weighted by Crippen LogP contribution is 2.30. The van der Waals surface area contributed by atoms with Gasteiger partial charge in [0, 0.05) is 18.8 Å². The number of carbonyl (C=O) groups is 2. The summed E-state index contributed by atoms with van der Waals surface area (Å²) >= 11 is 0. The smallest absolute Gasteiger partial charge is 0.416 e. The van der Waals surface area contributed by atoms with Gasteiger partial charge in [-0.15, -0.1) is 0 Å². The highest BCUT2D eigenvalue weighted by molar-refractivity contribution is 7.89. The average molecular weight is 470 g/mol. The Morgan fingerprint density at radius 2 is 1.66 bits per heavy atom. The van der Waals surface area contributed by atoms with Crippen LogP contribution in [0.2, 0.25) is 0 Å². The van der Waals surface area contributed by atoms with Gasteiger partial charge in [-0.25, -0.2) is 13.2 Å². The SMILES string of the molecule is O=C(COC(=O)c1ccc(S(=O)(=O)N2CCCCC2)cc1)Nc1cccc(C(F)(F)F)c1. The summed E-state index contributed by atoms with van der Waals surface area (Å²) in [5.41, 5.74) is -0.977. The largest absolute Gasteiger partial charge is 0.452 e. The van der Waals surface area contributed by atoms with E-state index in [1.165, 1.54) is 34.6 Å². The second kappa shape index (κ2) is 9.70. The third-order valence-corrected chi connectivity index (χ3v) is 6.76. The molecule has 0 radical (unpaired) electrons. The number of nitrogens with one attached hydrogen (secondary N) is 1. The molecule has 172 valence electrons. The molecule has 1 heterocycles. The topological polar surface area (TPSA) is 92.8 Å². The minimum absolute atomic E-state index is 0.0365. The molecule has 2 aromatic carbocycles. The van der Waals surface area contributed by atoms with Gasteiger partial charge in [0.25, 0.3) is 5.91 Å². The fraction of sp³-hybridized carbons (Fsp3) is 0.333. The molecule has 1 N–H and O–H groups in total. The quantitative estimate of drug-likeness (QED) is 0.651. The molecule has 1 amide bonds. The summed E-state index contributed by atoms with van der Waals surface area (Å²) in [6.45, 7) is 0.184. The molecule has 1 fully saturated rings. The van der Waals surface area contributed by atoms with Crippen LogP contribution in [0, 0.1) is 0 Å². The van der Waals surface area contributed by atoms with E-state index in [0.29, 0.717) is 13.1 Å². The van der Waals surface area contributed by atoms with Crippen molar-refractivity contribution >= 4 is 27.6 Å². The first-order valence-corrected chi connectivity index (χ1v) is 11.3. The van der Waals surface area contributed by atoms with E-state index >= 15 is 0 Å². The molecule has 1 saturated heterocycles. The van der Waals surface area contributed by atoms with Gasteiger partial charge in [-0.3, -0.25) is 4.79 Å². The van der Waals surface area contributed by atoms with Crippen molar-refractivity contribution in [3.63, 3.8) is 0 Å². The third-order valence-electron chi connectivity index (χ3n) is 4.85. The molecular weight excluding hydrogens is 449 g/mol. The lowest BCUT2D eigenvalue weighted by atomic mass is 10.2. The molecule has 0 bridgehead atoms. The molecule has 1 aliphatic rings. The summed E-state index contributed by atoms with van der Waals surface area (Å²) in [5.74, 6) is -1.69.